The molecule has 0 bridgehead atoms. The van der Waals surface area contributed by atoms with Crippen molar-refractivity contribution in [2.75, 3.05) is 7.11 Å². The van der Waals surface area contributed by atoms with Gasteiger partial charge in [-0.2, -0.15) is 21.6 Å². The van der Waals surface area contributed by atoms with Gasteiger partial charge in [0.2, 0.25) is 0 Å². The van der Waals surface area contributed by atoms with Crippen LogP contribution in [0.1, 0.15) is 27.2 Å². The summed E-state index contributed by atoms with van der Waals surface area (Å²) in [6.07, 6.45) is -3.28. The monoisotopic (exact) mass is 579 g/mol. The fourth-order valence-electron chi connectivity index (χ4n) is 3.69. The van der Waals surface area contributed by atoms with Crippen molar-refractivity contribution in [3.63, 3.8) is 0 Å². The quantitative estimate of drug-likeness (QED) is 0.208. The van der Waals surface area contributed by atoms with Crippen LogP contribution in [0.25, 0.3) is 0 Å². The van der Waals surface area contributed by atoms with Crippen LogP contribution in [0.2, 0.25) is 5.02 Å². The number of rotatable bonds is 9. The van der Waals surface area contributed by atoms with E-state index in [1.54, 1.807) is 42.5 Å². The molecule has 0 spiro atoms. The van der Waals surface area contributed by atoms with E-state index in [4.69, 9.17) is 24.9 Å². The second kappa shape index (κ2) is 11.4. The van der Waals surface area contributed by atoms with E-state index in [1.165, 1.54) is 30.4 Å². The Morgan fingerprint density at radius 2 is 1.72 bits per heavy atom. The van der Waals surface area contributed by atoms with E-state index in [9.17, 15) is 26.4 Å². The zero-order valence-electron chi connectivity index (χ0n) is 20.3. The molecule has 4 rings (SSSR count). The molecule has 4 aromatic rings. The Balaban J connectivity index is 1.66. The average Bonchev–Trinajstić information content (AvgIpc) is 3.41. The fraction of sp³-hybridized carbons (Fsp3) is 0.148. The van der Waals surface area contributed by atoms with Gasteiger partial charge in [-0.15, -0.1) is 0 Å². The maximum absolute atomic E-state index is 13.4. The van der Waals surface area contributed by atoms with Gasteiger partial charge >= 0.3 is 16.3 Å². The van der Waals surface area contributed by atoms with Gasteiger partial charge in [0, 0.05) is 6.54 Å². The van der Waals surface area contributed by atoms with Gasteiger partial charge in [0.25, 0.3) is 5.91 Å². The van der Waals surface area contributed by atoms with Crippen LogP contribution in [0.5, 0.6) is 11.5 Å². The normalized spacial score (nSPS) is 11.7. The molecule has 0 aliphatic heterocycles. The molecule has 39 heavy (non-hydrogen) atoms. The minimum absolute atomic E-state index is 0.0179. The number of carbonyl (C=O) groups is 1. The number of hydrogen-bond donors (Lipinski definition) is 0. The number of ether oxygens (including phenoxy) is 1. The number of alkyl halides is 3. The Kier molecular flexibility index (Phi) is 8.22. The van der Waals surface area contributed by atoms with Crippen LogP contribution in [0.4, 0.5) is 13.2 Å². The van der Waals surface area contributed by atoms with Gasteiger partial charge in [0.15, 0.2) is 11.5 Å². The van der Waals surface area contributed by atoms with E-state index < -0.39 is 32.7 Å². The number of furan rings is 1. The summed E-state index contributed by atoms with van der Waals surface area (Å²) in [5.41, 5.74) is -0.445. The Morgan fingerprint density at radius 3 is 2.38 bits per heavy atom. The molecule has 12 heteroatoms. The molecule has 0 radical (unpaired) electrons. The molecule has 1 heterocycles. The maximum Gasteiger partial charge on any atom is 0.416 e. The van der Waals surface area contributed by atoms with E-state index in [2.05, 4.69) is 0 Å². The van der Waals surface area contributed by atoms with E-state index in [0.29, 0.717) is 17.4 Å². The molecule has 0 saturated carbocycles. The predicted molar refractivity (Wildman–Crippen MR) is 136 cm³/mol. The summed E-state index contributed by atoms with van der Waals surface area (Å²) in [5, 5.41) is 0.248. The molecule has 7 nitrogen and oxygen atoms in total. The topological polar surface area (TPSA) is 86.0 Å². The van der Waals surface area contributed by atoms with Crippen LogP contribution in [-0.2, 0) is 29.4 Å². The first-order chi connectivity index (χ1) is 18.5. The molecule has 0 aliphatic rings. The van der Waals surface area contributed by atoms with Crippen molar-refractivity contribution in [1.82, 2.24) is 4.90 Å². The second-order valence-corrected chi connectivity index (χ2v) is 10.2. The van der Waals surface area contributed by atoms with Crippen molar-refractivity contribution in [3.8, 4) is 11.5 Å². The van der Waals surface area contributed by atoms with Gasteiger partial charge in [0.1, 0.15) is 10.7 Å². The smallest absolute Gasteiger partial charge is 0.416 e. The molecular formula is C27H21ClF3NO6S. The largest absolute Gasteiger partial charge is 0.493 e. The minimum atomic E-state index is -4.74. The van der Waals surface area contributed by atoms with Crippen LogP contribution in [0, 0.1) is 0 Å². The number of nitrogens with zero attached hydrogens (tertiary/aromatic N) is 1. The maximum atomic E-state index is 13.4. The van der Waals surface area contributed by atoms with Gasteiger partial charge in [-0.1, -0.05) is 35.9 Å². The lowest BCUT2D eigenvalue weighted by molar-refractivity contribution is -0.137. The highest BCUT2D eigenvalue weighted by Gasteiger charge is 2.32. The number of carbonyl (C=O) groups excluding carboxylic acids is 1. The predicted octanol–water partition coefficient (Wildman–Crippen LogP) is 6.57. The van der Waals surface area contributed by atoms with Crippen molar-refractivity contribution in [3.05, 3.63) is 113 Å². The molecule has 1 amide bonds. The Bertz CT molecular complexity index is 1570. The lowest BCUT2D eigenvalue weighted by Crippen LogP contribution is -2.30. The van der Waals surface area contributed by atoms with Crippen molar-refractivity contribution < 1.29 is 39.7 Å². The molecule has 0 aliphatic carbocycles. The first kappa shape index (κ1) is 28.1. The third-order valence-corrected chi connectivity index (χ3v) is 7.13. The highest BCUT2D eigenvalue weighted by Crippen LogP contribution is 2.34. The van der Waals surface area contributed by atoms with E-state index in [1.807, 2.05) is 0 Å². The molecule has 0 saturated heterocycles. The SMILES string of the molecule is COc1ccc(CN(Cc2ccco2)C(=O)c2ccccc2Cl)cc1OS(=O)(=O)c1cccc(C(F)(F)F)c1. The van der Waals surface area contributed by atoms with Crippen molar-refractivity contribution in [2.45, 2.75) is 24.2 Å². The summed E-state index contributed by atoms with van der Waals surface area (Å²) in [6, 6.07) is 17.4. The fourth-order valence-corrected chi connectivity index (χ4v) is 4.89. The molecule has 1 aromatic heterocycles. The van der Waals surface area contributed by atoms with Gasteiger partial charge in [0.05, 0.1) is 36.1 Å². The number of methoxy groups -OCH3 is 1. The van der Waals surface area contributed by atoms with Crippen molar-refractivity contribution in [2.24, 2.45) is 0 Å². The molecule has 0 atom stereocenters. The number of halogens is 4. The first-order valence-electron chi connectivity index (χ1n) is 11.3. The van der Waals surface area contributed by atoms with E-state index in [0.717, 1.165) is 18.2 Å². The molecule has 0 unspecified atom stereocenters. The molecule has 3 aromatic carbocycles. The van der Waals surface area contributed by atoms with Crippen LogP contribution in [0.15, 0.2) is 94.4 Å². The van der Waals surface area contributed by atoms with Gasteiger partial charge < -0.3 is 18.2 Å². The summed E-state index contributed by atoms with van der Waals surface area (Å²) < 4.78 is 80.9. The van der Waals surface area contributed by atoms with Crippen LogP contribution in [0.3, 0.4) is 0 Å². The second-order valence-electron chi connectivity index (χ2n) is 8.27. The highest BCUT2D eigenvalue weighted by molar-refractivity contribution is 7.87. The number of benzene rings is 3. The third kappa shape index (κ3) is 6.73. The van der Waals surface area contributed by atoms with Gasteiger partial charge in [-0.05, 0) is 60.2 Å². The van der Waals surface area contributed by atoms with Crippen LogP contribution >= 0.6 is 11.6 Å². The van der Waals surface area contributed by atoms with E-state index in [-0.39, 0.29) is 35.2 Å². The summed E-state index contributed by atoms with van der Waals surface area (Å²) in [7, 11) is -3.39. The Labute approximate surface area is 227 Å². The molecule has 0 fully saturated rings. The Hall–Kier alpha value is -3.96. The third-order valence-electron chi connectivity index (χ3n) is 5.57. The summed E-state index contributed by atoms with van der Waals surface area (Å²) in [4.78, 5) is 14.1. The summed E-state index contributed by atoms with van der Waals surface area (Å²) >= 11 is 6.24. The first-order valence-corrected chi connectivity index (χ1v) is 13.1. The van der Waals surface area contributed by atoms with Crippen LogP contribution < -0.4 is 8.92 Å². The van der Waals surface area contributed by atoms with Crippen LogP contribution in [-0.4, -0.2) is 26.3 Å². The molecular weight excluding hydrogens is 559 g/mol. The zero-order chi connectivity index (χ0) is 28.2. The zero-order valence-corrected chi connectivity index (χ0v) is 21.9. The Morgan fingerprint density at radius 1 is 0.949 bits per heavy atom. The number of amides is 1. The average molecular weight is 580 g/mol. The minimum Gasteiger partial charge on any atom is -0.493 e. The molecule has 204 valence electrons. The summed E-state index contributed by atoms with van der Waals surface area (Å²) in [5.74, 6) is -0.167. The van der Waals surface area contributed by atoms with Crippen molar-refractivity contribution in [1.29, 1.82) is 0 Å². The van der Waals surface area contributed by atoms with Gasteiger partial charge in [-0.25, -0.2) is 0 Å². The van der Waals surface area contributed by atoms with Gasteiger partial charge in [-0.3, -0.25) is 4.79 Å². The lowest BCUT2D eigenvalue weighted by atomic mass is 10.1. The highest BCUT2D eigenvalue weighted by atomic mass is 35.5. The summed E-state index contributed by atoms with van der Waals surface area (Å²) in [6.45, 7) is 0.0521. The molecule has 0 N–H and O–H groups in total. The van der Waals surface area contributed by atoms with E-state index >= 15 is 0 Å². The number of hydrogen-bond acceptors (Lipinski definition) is 6. The van der Waals surface area contributed by atoms with Crippen molar-refractivity contribution >= 4 is 27.6 Å². The standard InChI is InChI=1S/C27H21ClF3NO6S/c1-36-24-12-11-18(14-25(24)38-39(34,35)21-8-4-6-19(15-21)27(29,30)31)16-32(17-20-7-5-13-37-20)26(33)22-9-2-3-10-23(22)28/h2-15H,16-17H2,1H3. The lowest BCUT2D eigenvalue weighted by Gasteiger charge is -2.23.